The summed E-state index contributed by atoms with van der Waals surface area (Å²) in [6.07, 6.45) is 3.53. The Hall–Kier alpha value is -1.10. The number of carbonyl (C=O) groups is 1. The van der Waals surface area contributed by atoms with Crippen LogP contribution in [0.4, 0.5) is 0 Å². The van der Waals surface area contributed by atoms with Crippen LogP contribution in [0, 0.1) is 5.92 Å². The standard InChI is InChI=1S/C14H17ClN2O.H2O/c15-11-3-4-12-10(7-11)5-6-17(8-9-1-2-9)13(12)14(16)18;/h3-4,7,9,13H,1-2,5-6,8H2,(H2,16,18);1H2. The van der Waals surface area contributed by atoms with Crippen LogP contribution < -0.4 is 5.73 Å². The van der Waals surface area contributed by atoms with Gasteiger partial charge in [0.2, 0.25) is 5.91 Å². The first kappa shape index (κ1) is 14.3. The van der Waals surface area contributed by atoms with E-state index in [0.717, 1.165) is 36.0 Å². The SMILES string of the molecule is NC(=O)C1c2ccc(Cl)cc2CCN1CC1CC1.O. The molecule has 1 fully saturated rings. The Morgan fingerprint density at radius 2 is 2.16 bits per heavy atom. The lowest BCUT2D eigenvalue weighted by molar-refractivity contribution is -0.123. The van der Waals surface area contributed by atoms with E-state index in [-0.39, 0.29) is 17.4 Å². The maximum atomic E-state index is 11.8. The van der Waals surface area contributed by atoms with Crippen LogP contribution in [-0.2, 0) is 11.2 Å². The van der Waals surface area contributed by atoms with Gasteiger partial charge in [0.25, 0.3) is 0 Å². The summed E-state index contributed by atoms with van der Waals surface area (Å²) in [7, 11) is 0. The molecule has 4 nitrogen and oxygen atoms in total. The highest BCUT2D eigenvalue weighted by Gasteiger charge is 2.35. The molecule has 1 amide bonds. The third-order valence-corrected chi connectivity index (χ3v) is 4.13. The van der Waals surface area contributed by atoms with Gasteiger partial charge in [-0.05, 0) is 48.4 Å². The van der Waals surface area contributed by atoms with E-state index in [9.17, 15) is 4.79 Å². The number of rotatable bonds is 3. The Kier molecular flexibility index (Phi) is 4.13. The van der Waals surface area contributed by atoms with Gasteiger partial charge >= 0.3 is 0 Å². The van der Waals surface area contributed by atoms with Crippen LogP contribution >= 0.6 is 11.6 Å². The van der Waals surface area contributed by atoms with Gasteiger partial charge in [0.15, 0.2) is 0 Å². The minimum Gasteiger partial charge on any atom is -0.412 e. The van der Waals surface area contributed by atoms with Crippen molar-refractivity contribution in [1.82, 2.24) is 4.90 Å². The summed E-state index contributed by atoms with van der Waals surface area (Å²) < 4.78 is 0. The van der Waals surface area contributed by atoms with Crippen LogP contribution in [0.3, 0.4) is 0 Å². The van der Waals surface area contributed by atoms with Crippen molar-refractivity contribution in [3.05, 3.63) is 34.3 Å². The van der Waals surface area contributed by atoms with E-state index < -0.39 is 0 Å². The molecule has 1 aliphatic carbocycles. The van der Waals surface area contributed by atoms with Crippen molar-refractivity contribution in [3.63, 3.8) is 0 Å². The molecule has 1 unspecified atom stereocenters. The van der Waals surface area contributed by atoms with Crippen LogP contribution in [0.15, 0.2) is 18.2 Å². The number of amides is 1. The minimum atomic E-state index is -0.272. The quantitative estimate of drug-likeness (QED) is 0.907. The average Bonchev–Trinajstić information content (AvgIpc) is 3.12. The van der Waals surface area contributed by atoms with Crippen molar-refractivity contribution in [3.8, 4) is 0 Å². The lowest BCUT2D eigenvalue weighted by Crippen LogP contribution is -2.43. The van der Waals surface area contributed by atoms with Gasteiger partial charge < -0.3 is 11.2 Å². The predicted octanol–water partition coefficient (Wildman–Crippen LogP) is 1.31. The second kappa shape index (κ2) is 5.49. The van der Waals surface area contributed by atoms with E-state index in [1.807, 2.05) is 18.2 Å². The van der Waals surface area contributed by atoms with E-state index >= 15 is 0 Å². The fourth-order valence-electron chi connectivity index (χ4n) is 2.81. The number of nitrogens with zero attached hydrogens (tertiary/aromatic N) is 1. The highest BCUT2D eigenvalue weighted by molar-refractivity contribution is 6.30. The highest BCUT2D eigenvalue weighted by atomic mass is 35.5. The first-order valence-corrected chi connectivity index (χ1v) is 6.84. The molecule has 4 N–H and O–H groups in total. The lowest BCUT2D eigenvalue weighted by atomic mass is 9.92. The smallest absolute Gasteiger partial charge is 0.239 e. The Morgan fingerprint density at radius 3 is 2.79 bits per heavy atom. The summed E-state index contributed by atoms with van der Waals surface area (Å²) in [5.41, 5.74) is 7.80. The molecule has 1 aliphatic heterocycles. The maximum absolute atomic E-state index is 11.8. The van der Waals surface area contributed by atoms with E-state index in [1.54, 1.807) is 0 Å². The second-order valence-corrected chi connectivity index (χ2v) is 5.77. The van der Waals surface area contributed by atoms with E-state index in [2.05, 4.69) is 4.90 Å². The van der Waals surface area contributed by atoms with Crippen LogP contribution in [0.25, 0.3) is 0 Å². The number of primary amides is 1. The van der Waals surface area contributed by atoms with E-state index in [0.29, 0.717) is 0 Å². The molecular weight excluding hydrogens is 264 g/mol. The van der Waals surface area contributed by atoms with Crippen molar-refractivity contribution in [2.24, 2.45) is 11.7 Å². The molecule has 0 aromatic heterocycles. The Morgan fingerprint density at radius 1 is 1.42 bits per heavy atom. The minimum absolute atomic E-state index is 0. The number of carbonyl (C=O) groups excluding carboxylic acids is 1. The monoisotopic (exact) mass is 282 g/mol. The zero-order chi connectivity index (χ0) is 12.7. The molecule has 0 bridgehead atoms. The van der Waals surface area contributed by atoms with E-state index in [1.165, 1.54) is 18.4 Å². The van der Waals surface area contributed by atoms with Gasteiger partial charge in [-0.15, -0.1) is 0 Å². The summed E-state index contributed by atoms with van der Waals surface area (Å²) in [5, 5.41) is 0.729. The van der Waals surface area contributed by atoms with E-state index in [4.69, 9.17) is 17.3 Å². The van der Waals surface area contributed by atoms with Gasteiger partial charge in [0.1, 0.15) is 6.04 Å². The molecule has 104 valence electrons. The van der Waals surface area contributed by atoms with Crippen molar-refractivity contribution in [2.45, 2.75) is 25.3 Å². The van der Waals surface area contributed by atoms with Gasteiger partial charge in [-0.2, -0.15) is 0 Å². The van der Waals surface area contributed by atoms with Crippen molar-refractivity contribution >= 4 is 17.5 Å². The van der Waals surface area contributed by atoms with Crippen LogP contribution in [0.5, 0.6) is 0 Å². The molecule has 0 saturated heterocycles. The summed E-state index contributed by atoms with van der Waals surface area (Å²) >= 11 is 6.00. The molecule has 1 heterocycles. The molecule has 2 aliphatic rings. The van der Waals surface area contributed by atoms with Gasteiger partial charge in [0.05, 0.1) is 0 Å². The third kappa shape index (κ3) is 2.91. The highest BCUT2D eigenvalue weighted by Crippen LogP contribution is 2.36. The second-order valence-electron chi connectivity index (χ2n) is 5.34. The molecule has 1 aromatic carbocycles. The number of benzene rings is 1. The summed E-state index contributed by atoms with van der Waals surface area (Å²) in [6.45, 7) is 1.90. The fourth-order valence-corrected chi connectivity index (χ4v) is 3.00. The lowest BCUT2D eigenvalue weighted by Gasteiger charge is -2.35. The Labute approximate surface area is 117 Å². The average molecular weight is 283 g/mol. The first-order valence-electron chi connectivity index (χ1n) is 6.47. The zero-order valence-corrected chi connectivity index (χ0v) is 11.5. The molecule has 1 saturated carbocycles. The van der Waals surface area contributed by atoms with Gasteiger partial charge in [-0.1, -0.05) is 17.7 Å². The summed E-state index contributed by atoms with van der Waals surface area (Å²) in [4.78, 5) is 14.0. The summed E-state index contributed by atoms with van der Waals surface area (Å²) in [6, 6.07) is 5.48. The molecular formula is C14H19ClN2O2. The topological polar surface area (TPSA) is 77.8 Å². The fraction of sp³-hybridized carbons (Fsp3) is 0.500. The first-order chi connectivity index (χ1) is 8.65. The number of halogens is 1. The van der Waals surface area contributed by atoms with Crippen LogP contribution in [-0.4, -0.2) is 29.4 Å². The Balaban J connectivity index is 0.00000133. The normalized spacial score (nSPS) is 22.5. The number of hydrogen-bond donors (Lipinski definition) is 1. The molecule has 5 heteroatoms. The molecule has 1 atom stereocenters. The molecule has 3 rings (SSSR count). The number of nitrogens with two attached hydrogens (primary N) is 1. The van der Waals surface area contributed by atoms with Crippen molar-refractivity contribution in [2.75, 3.05) is 13.1 Å². The van der Waals surface area contributed by atoms with Crippen LogP contribution in [0.2, 0.25) is 5.02 Å². The number of fused-ring (bicyclic) bond motifs is 1. The van der Waals surface area contributed by atoms with Crippen LogP contribution in [0.1, 0.15) is 30.0 Å². The van der Waals surface area contributed by atoms with Crippen molar-refractivity contribution in [1.29, 1.82) is 0 Å². The van der Waals surface area contributed by atoms with Crippen molar-refractivity contribution < 1.29 is 10.3 Å². The summed E-state index contributed by atoms with van der Waals surface area (Å²) in [5.74, 6) is 0.514. The Bertz CT molecular complexity index is 488. The predicted molar refractivity (Wildman–Crippen MR) is 75.0 cm³/mol. The molecule has 1 aromatic rings. The number of hydrogen-bond acceptors (Lipinski definition) is 2. The third-order valence-electron chi connectivity index (χ3n) is 3.89. The largest absolute Gasteiger partial charge is 0.412 e. The van der Waals surface area contributed by atoms with Gasteiger partial charge in [0, 0.05) is 18.1 Å². The zero-order valence-electron chi connectivity index (χ0n) is 10.7. The molecule has 19 heavy (non-hydrogen) atoms. The molecule has 0 spiro atoms. The van der Waals surface area contributed by atoms with Gasteiger partial charge in [-0.25, -0.2) is 0 Å². The van der Waals surface area contributed by atoms with Gasteiger partial charge in [-0.3, -0.25) is 9.69 Å². The maximum Gasteiger partial charge on any atom is 0.239 e. The molecule has 0 radical (unpaired) electrons.